The minimum Gasteiger partial charge on any atom is -0.605 e. The third-order valence-corrected chi connectivity index (χ3v) is 3.02. The average Bonchev–Trinajstić information content (AvgIpc) is 2.67. The molecular formula is C9H6F2N2OS. The molecule has 2 rings (SSSR count). The van der Waals surface area contributed by atoms with Gasteiger partial charge in [0.1, 0.15) is 11.6 Å². The standard InChI is InChI=1S/C9H6F2N2OS/c10-6-3-7(11)5-8(4-6)15(14)9-1-2-12-13-9/h1-5H,(H,12,13). The lowest BCUT2D eigenvalue weighted by atomic mass is 10.3. The van der Waals surface area contributed by atoms with E-state index < -0.39 is 22.8 Å². The van der Waals surface area contributed by atoms with E-state index in [0.29, 0.717) is 5.03 Å². The van der Waals surface area contributed by atoms with Crippen LogP contribution in [0.5, 0.6) is 0 Å². The summed E-state index contributed by atoms with van der Waals surface area (Å²) in [5.41, 5.74) is 0. The number of halogens is 2. The Balaban J connectivity index is 2.37. The van der Waals surface area contributed by atoms with Gasteiger partial charge in [-0.05, 0) is 0 Å². The minimum absolute atomic E-state index is 0.0664. The number of nitrogens with one attached hydrogen (secondary N) is 1. The van der Waals surface area contributed by atoms with Crippen molar-refractivity contribution in [3.63, 3.8) is 0 Å². The summed E-state index contributed by atoms with van der Waals surface area (Å²) in [6.45, 7) is 0. The van der Waals surface area contributed by atoms with Crippen molar-refractivity contribution in [1.82, 2.24) is 10.2 Å². The zero-order valence-corrected chi connectivity index (χ0v) is 8.22. The molecule has 0 aliphatic carbocycles. The van der Waals surface area contributed by atoms with Crippen molar-refractivity contribution < 1.29 is 13.3 Å². The maximum atomic E-state index is 12.8. The molecule has 1 aromatic heterocycles. The summed E-state index contributed by atoms with van der Waals surface area (Å²) in [6.07, 6.45) is 1.42. The molecule has 2 aromatic rings. The maximum Gasteiger partial charge on any atom is 0.246 e. The molecule has 6 heteroatoms. The van der Waals surface area contributed by atoms with Gasteiger partial charge in [0.15, 0.2) is 4.90 Å². The van der Waals surface area contributed by atoms with Crippen LogP contribution in [-0.2, 0) is 11.2 Å². The lowest BCUT2D eigenvalue weighted by Crippen LogP contribution is -2.03. The van der Waals surface area contributed by atoms with E-state index in [1.54, 1.807) is 0 Å². The van der Waals surface area contributed by atoms with Crippen LogP contribution in [0.25, 0.3) is 0 Å². The number of aromatic nitrogens is 2. The van der Waals surface area contributed by atoms with Gasteiger partial charge in [-0.1, -0.05) is 0 Å². The lowest BCUT2D eigenvalue weighted by molar-refractivity contribution is 0.565. The van der Waals surface area contributed by atoms with Gasteiger partial charge in [-0.15, -0.1) is 0 Å². The first-order valence-corrected chi connectivity index (χ1v) is 5.19. The van der Waals surface area contributed by atoms with Gasteiger partial charge in [0.05, 0.1) is 6.20 Å². The van der Waals surface area contributed by atoms with Crippen LogP contribution in [0.3, 0.4) is 0 Å². The Morgan fingerprint density at radius 2 is 1.87 bits per heavy atom. The highest BCUT2D eigenvalue weighted by atomic mass is 32.2. The van der Waals surface area contributed by atoms with Crippen molar-refractivity contribution in [2.24, 2.45) is 0 Å². The van der Waals surface area contributed by atoms with E-state index in [1.165, 1.54) is 12.3 Å². The number of aromatic amines is 1. The first kappa shape index (κ1) is 10.1. The van der Waals surface area contributed by atoms with Crippen LogP contribution in [0.1, 0.15) is 0 Å². The largest absolute Gasteiger partial charge is 0.605 e. The van der Waals surface area contributed by atoms with Gasteiger partial charge >= 0.3 is 0 Å². The number of hydrogen-bond acceptors (Lipinski definition) is 2. The predicted octanol–water partition coefficient (Wildman–Crippen LogP) is 1.85. The summed E-state index contributed by atoms with van der Waals surface area (Å²) in [5.74, 6) is -1.50. The molecule has 0 amide bonds. The second kappa shape index (κ2) is 4.00. The molecule has 0 aliphatic rings. The molecule has 0 radical (unpaired) electrons. The fraction of sp³-hybridized carbons (Fsp3) is 0. The molecule has 78 valence electrons. The number of benzene rings is 1. The van der Waals surface area contributed by atoms with Gasteiger partial charge in [0.2, 0.25) is 5.03 Å². The van der Waals surface area contributed by atoms with Gasteiger partial charge in [-0.2, -0.15) is 5.10 Å². The molecule has 1 N–H and O–H groups in total. The number of hydrogen-bond donors (Lipinski definition) is 1. The SMILES string of the molecule is [O-][S+](c1cc(F)cc(F)c1)c1ccn[nH]1. The first-order valence-electron chi connectivity index (χ1n) is 4.04. The van der Waals surface area contributed by atoms with Crippen molar-refractivity contribution in [2.75, 3.05) is 0 Å². The molecule has 0 fully saturated rings. The third kappa shape index (κ3) is 2.16. The van der Waals surface area contributed by atoms with Crippen LogP contribution in [0.4, 0.5) is 8.78 Å². The Morgan fingerprint density at radius 1 is 1.20 bits per heavy atom. The van der Waals surface area contributed by atoms with Crippen LogP contribution in [0, 0.1) is 11.6 Å². The van der Waals surface area contributed by atoms with Crippen LogP contribution < -0.4 is 0 Å². The first-order chi connectivity index (χ1) is 7.16. The van der Waals surface area contributed by atoms with Gasteiger partial charge in [-0.3, -0.25) is 0 Å². The van der Waals surface area contributed by atoms with Crippen molar-refractivity contribution in [1.29, 1.82) is 0 Å². The fourth-order valence-electron chi connectivity index (χ4n) is 1.11. The van der Waals surface area contributed by atoms with Crippen LogP contribution >= 0.6 is 0 Å². The highest BCUT2D eigenvalue weighted by molar-refractivity contribution is 7.91. The molecule has 0 saturated heterocycles. The Labute approximate surface area is 87.3 Å². The van der Waals surface area contributed by atoms with Crippen LogP contribution in [-0.4, -0.2) is 14.8 Å². The average molecular weight is 228 g/mol. The molecule has 0 bridgehead atoms. The molecule has 3 nitrogen and oxygen atoms in total. The molecule has 0 saturated carbocycles. The summed E-state index contributed by atoms with van der Waals surface area (Å²) in [4.78, 5) is 0.0664. The molecular weight excluding hydrogens is 222 g/mol. The molecule has 15 heavy (non-hydrogen) atoms. The smallest absolute Gasteiger partial charge is 0.246 e. The molecule has 1 atom stereocenters. The number of nitrogens with zero attached hydrogens (tertiary/aromatic N) is 1. The predicted molar refractivity (Wildman–Crippen MR) is 49.6 cm³/mol. The zero-order chi connectivity index (χ0) is 10.8. The van der Waals surface area contributed by atoms with E-state index in [9.17, 15) is 13.3 Å². The van der Waals surface area contributed by atoms with Crippen molar-refractivity contribution in [2.45, 2.75) is 9.92 Å². The highest BCUT2D eigenvalue weighted by Crippen LogP contribution is 2.20. The Bertz CT molecular complexity index is 441. The molecule has 1 aromatic carbocycles. The summed E-state index contributed by atoms with van der Waals surface area (Å²) in [6, 6.07) is 4.27. The number of rotatable bonds is 2. The Morgan fingerprint density at radius 3 is 2.40 bits per heavy atom. The summed E-state index contributed by atoms with van der Waals surface area (Å²) in [7, 11) is 0. The normalized spacial score (nSPS) is 12.7. The van der Waals surface area contributed by atoms with Gasteiger partial charge in [0.25, 0.3) is 0 Å². The van der Waals surface area contributed by atoms with Gasteiger partial charge in [0, 0.05) is 35.4 Å². The van der Waals surface area contributed by atoms with E-state index in [0.717, 1.165) is 18.2 Å². The Hall–Kier alpha value is -1.40. The molecule has 0 aliphatic heterocycles. The summed E-state index contributed by atoms with van der Waals surface area (Å²) in [5, 5.41) is 6.39. The number of H-pyrrole nitrogens is 1. The maximum absolute atomic E-state index is 12.8. The molecule has 1 unspecified atom stereocenters. The van der Waals surface area contributed by atoms with E-state index in [1.807, 2.05) is 0 Å². The van der Waals surface area contributed by atoms with Gasteiger partial charge in [-0.25, -0.2) is 13.9 Å². The molecule has 1 heterocycles. The zero-order valence-electron chi connectivity index (χ0n) is 7.41. The Kier molecular flexibility index (Phi) is 2.70. The van der Waals surface area contributed by atoms with Gasteiger partial charge < -0.3 is 4.55 Å². The fourth-order valence-corrected chi connectivity index (χ4v) is 2.12. The topological polar surface area (TPSA) is 51.7 Å². The molecule has 0 spiro atoms. The van der Waals surface area contributed by atoms with Crippen molar-refractivity contribution >= 4 is 11.2 Å². The highest BCUT2D eigenvalue weighted by Gasteiger charge is 2.18. The van der Waals surface area contributed by atoms with E-state index >= 15 is 0 Å². The van der Waals surface area contributed by atoms with E-state index in [4.69, 9.17) is 0 Å². The van der Waals surface area contributed by atoms with Crippen LogP contribution in [0.15, 0.2) is 40.4 Å². The summed E-state index contributed by atoms with van der Waals surface area (Å²) < 4.78 is 37.4. The van der Waals surface area contributed by atoms with Crippen molar-refractivity contribution in [3.8, 4) is 0 Å². The summed E-state index contributed by atoms with van der Waals surface area (Å²) >= 11 is -1.63. The second-order valence-corrected chi connectivity index (χ2v) is 4.24. The minimum atomic E-state index is -1.63. The second-order valence-electron chi connectivity index (χ2n) is 2.79. The quantitative estimate of drug-likeness (QED) is 0.797. The lowest BCUT2D eigenvalue weighted by Gasteiger charge is -2.06. The monoisotopic (exact) mass is 228 g/mol. The van der Waals surface area contributed by atoms with Crippen LogP contribution in [0.2, 0.25) is 0 Å². The van der Waals surface area contributed by atoms with E-state index in [2.05, 4.69) is 10.2 Å². The third-order valence-electron chi connectivity index (χ3n) is 1.73. The van der Waals surface area contributed by atoms with E-state index in [-0.39, 0.29) is 4.90 Å². The van der Waals surface area contributed by atoms with Crippen molar-refractivity contribution in [3.05, 3.63) is 42.1 Å².